The van der Waals surface area contributed by atoms with Crippen molar-refractivity contribution in [3.63, 3.8) is 0 Å². The van der Waals surface area contributed by atoms with Crippen molar-refractivity contribution in [3.05, 3.63) is 66.5 Å². The molecule has 0 spiro atoms. The molecule has 0 saturated carbocycles. The maximum absolute atomic E-state index is 14.9. The molecule has 0 saturated heterocycles. The van der Waals surface area contributed by atoms with Crippen LogP contribution in [-0.2, 0) is 10.1 Å². The molecule has 0 aliphatic carbocycles. The second-order valence-corrected chi connectivity index (χ2v) is 20.8. The van der Waals surface area contributed by atoms with Crippen LogP contribution < -0.4 is 8.85 Å². The molecule has 0 atom stereocenters. The third-order valence-corrected chi connectivity index (χ3v) is 18.2. The number of benzene rings is 3. The van der Waals surface area contributed by atoms with Crippen LogP contribution in [0.3, 0.4) is 0 Å². The number of hydrogen-bond acceptors (Lipinski definition) is 4. The molecule has 0 aromatic heterocycles. The van der Waals surface area contributed by atoms with Crippen molar-refractivity contribution in [1.29, 1.82) is 0 Å². The van der Waals surface area contributed by atoms with Crippen LogP contribution >= 0.6 is 0 Å². The lowest BCUT2D eigenvalue weighted by atomic mass is 9.98. The maximum Gasteiger partial charge on any atom is 0.295 e. The van der Waals surface area contributed by atoms with Gasteiger partial charge >= 0.3 is 0 Å². The molecule has 9 heteroatoms. The van der Waals surface area contributed by atoms with Gasteiger partial charge in [0.15, 0.2) is 0 Å². The fourth-order valence-corrected chi connectivity index (χ4v) is 11.2. The summed E-state index contributed by atoms with van der Waals surface area (Å²) in [5, 5.41) is 0. The Morgan fingerprint density at radius 3 is 1.21 bits per heavy atom. The third kappa shape index (κ3) is 7.00. The van der Waals surface area contributed by atoms with Crippen molar-refractivity contribution in [3.8, 4) is 33.8 Å². The highest BCUT2D eigenvalue weighted by Gasteiger charge is 2.32. The zero-order valence-electron chi connectivity index (χ0n) is 23.9. The fourth-order valence-electron chi connectivity index (χ4n) is 5.14. The molecule has 0 heterocycles. The summed E-state index contributed by atoms with van der Waals surface area (Å²) in [6.45, 7) is 12.9. The Morgan fingerprint density at radius 1 is 0.641 bits per heavy atom. The third-order valence-electron chi connectivity index (χ3n) is 8.18. The van der Waals surface area contributed by atoms with Crippen molar-refractivity contribution in [2.24, 2.45) is 0 Å². The molecule has 0 amide bonds. The molecular formula is C30H41FO5SSi2. The summed E-state index contributed by atoms with van der Waals surface area (Å²) in [5.74, 6) is 0.821. The van der Waals surface area contributed by atoms with Gasteiger partial charge in [0.25, 0.3) is 10.1 Å². The van der Waals surface area contributed by atoms with Gasteiger partial charge in [-0.15, -0.1) is 0 Å². The molecule has 3 aromatic carbocycles. The van der Waals surface area contributed by atoms with Crippen molar-refractivity contribution in [2.45, 2.75) is 82.7 Å². The average molecular weight is 589 g/mol. The molecule has 0 aliphatic rings. The molecule has 0 radical (unpaired) electrons. The van der Waals surface area contributed by atoms with E-state index in [2.05, 4.69) is 41.5 Å². The lowest BCUT2D eigenvalue weighted by Gasteiger charge is -2.29. The molecule has 0 unspecified atom stereocenters. The van der Waals surface area contributed by atoms with Crippen LogP contribution in [0.5, 0.6) is 11.5 Å². The quantitative estimate of drug-likeness (QED) is 0.159. The van der Waals surface area contributed by atoms with Crippen LogP contribution in [0.2, 0.25) is 36.3 Å². The standard InChI is InChI=1S/C30H41FO5SSi2/c1-7-38(8-2,9-3)35-26-17-13-23(14-18-26)28-21-25(31)22-29(30(28)37(32,33)34)24-15-19-27(20-16-24)36-39(10-4,11-5)12-6/h13-22H,7-12H2,1-6H3,(H,32,33,34). The minimum absolute atomic E-state index is 0.0960. The van der Waals surface area contributed by atoms with Gasteiger partial charge in [-0.25, -0.2) is 4.39 Å². The lowest BCUT2D eigenvalue weighted by Crippen LogP contribution is -2.39. The van der Waals surface area contributed by atoms with Crippen molar-refractivity contribution in [2.75, 3.05) is 0 Å². The summed E-state index contributed by atoms with van der Waals surface area (Å²) in [6, 6.07) is 22.2. The van der Waals surface area contributed by atoms with Crippen LogP contribution in [0.15, 0.2) is 65.6 Å². The zero-order chi connectivity index (χ0) is 28.8. The van der Waals surface area contributed by atoms with Crippen LogP contribution in [0.4, 0.5) is 4.39 Å². The van der Waals surface area contributed by atoms with Gasteiger partial charge in [0.1, 0.15) is 22.2 Å². The first-order chi connectivity index (χ1) is 18.5. The van der Waals surface area contributed by atoms with E-state index in [1.54, 1.807) is 48.5 Å². The van der Waals surface area contributed by atoms with E-state index in [4.69, 9.17) is 8.85 Å². The lowest BCUT2D eigenvalue weighted by molar-refractivity contribution is 0.483. The van der Waals surface area contributed by atoms with Gasteiger partial charge in [-0.1, -0.05) is 65.8 Å². The first-order valence-electron chi connectivity index (χ1n) is 13.9. The van der Waals surface area contributed by atoms with Crippen LogP contribution in [0.25, 0.3) is 22.3 Å². The second-order valence-electron chi connectivity index (χ2n) is 10.0. The van der Waals surface area contributed by atoms with Crippen molar-refractivity contribution >= 4 is 26.8 Å². The summed E-state index contributed by atoms with van der Waals surface area (Å²) < 4.78 is 63.4. The van der Waals surface area contributed by atoms with E-state index >= 15 is 0 Å². The molecule has 0 aliphatic heterocycles. The normalized spacial score (nSPS) is 12.4. The van der Waals surface area contributed by atoms with Gasteiger partial charge < -0.3 is 8.85 Å². The molecular weight excluding hydrogens is 548 g/mol. The van der Waals surface area contributed by atoms with Crippen molar-refractivity contribution < 1.29 is 26.2 Å². The summed E-state index contributed by atoms with van der Waals surface area (Å²) >= 11 is 0. The molecule has 1 N–H and O–H groups in total. The van der Waals surface area contributed by atoms with Gasteiger partial charge in [0.2, 0.25) is 16.6 Å². The minimum atomic E-state index is -4.69. The molecule has 5 nitrogen and oxygen atoms in total. The van der Waals surface area contributed by atoms with E-state index < -0.39 is 32.6 Å². The maximum atomic E-state index is 14.9. The molecule has 0 bridgehead atoms. The van der Waals surface area contributed by atoms with Crippen LogP contribution in [0, 0.1) is 5.82 Å². The summed E-state index contributed by atoms with van der Waals surface area (Å²) in [7, 11) is -8.47. The molecule has 3 rings (SSSR count). The van der Waals surface area contributed by atoms with E-state index in [1.165, 1.54) is 0 Å². The van der Waals surface area contributed by atoms with Crippen LogP contribution in [-0.4, -0.2) is 29.6 Å². The number of hydrogen-bond donors (Lipinski definition) is 1. The van der Waals surface area contributed by atoms with Crippen molar-refractivity contribution in [1.82, 2.24) is 0 Å². The Balaban J connectivity index is 2.06. The largest absolute Gasteiger partial charge is 0.544 e. The number of halogens is 1. The predicted octanol–water partition coefficient (Wildman–Crippen LogP) is 9.17. The van der Waals surface area contributed by atoms with Crippen LogP contribution in [0.1, 0.15) is 41.5 Å². The zero-order valence-corrected chi connectivity index (χ0v) is 26.7. The number of rotatable bonds is 13. The average Bonchev–Trinajstić information content (AvgIpc) is 2.94. The van der Waals surface area contributed by atoms with E-state index in [1.807, 2.05) is 0 Å². The van der Waals surface area contributed by atoms with Gasteiger partial charge in [0, 0.05) is 11.1 Å². The molecule has 3 aromatic rings. The van der Waals surface area contributed by atoms with Gasteiger partial charge in [-0.2, -0.15) is 8.42 Å². The molecule has 212 valence electrons. The highest BCUT2D eigenvalue weighted by molar-refractivity contribution is 7.86. The SMILES string of the molecule is CC[Si](CC)(CC)Oc1ccc(-c2cc(F)cc(-c3ccc(O[Si](CC)(CC)CC)cc3)c2S(=O)(=O)O)cc1. The Kier molecular flexibility index (Phi) is 10.2. The highest BCUT2D eigenvalue weighted by atomic mass is 32.2. The Morgan fingerprint density at radius 2 is 0.949 bits per heavy atom. The van der Waals surface area contributed by atoms with E-state index in [-0.39, 0.29) is 16.0 Å². The highest BCUT2D eigenvalue weighted by Crippen LogP contribution is 2.39. The van der Waals surface area contributed by atoms with Gasteiger partial charge in [0.05, 0.1) is 0 Å². The van der Waals surface area contributed by atoms with Gasteiger partial charge in [-0.3, -0.25) is 4.55 Å². The smallest absolute Gasteiger partial charge is 0.295 e. The van der Waals surface area contributed by atoms with E-state index in [0.717, 1.165) is 48.4 Å². The monoisotopic (exact) mass is 588 g/mol. The Bertz CT molecular complexity index is 1250. The Labute approximate surface area is 235 Å². The van der Waals surface area contributed by atoms with Gasteiger partial charge in [-0.05, 0) is 83.8 Å². The summed E-state index contributed by atoms with van der Waals surface area (Å²) in [5.41, 5.74) is 1.13. The molecule has 0 fully saturated rings. The summed E-state index contributed by atoms with van der Waals surface area (Å²) in [4.78, 5) is -0.329. The minimum Gasteiger partial charge on any atom is -0.544 e. The summed E-state index contributed by atoms with van der Waals surface area (Å²) in [6.07, 6.45) is 0. The first kappa shape index (κ1) is 31.1. The fraction of sp³-hybridized carbons (Fsp3) is 0.400. The second kappa shape index (κ2) is 12.8. The van der Waals surface area contributed by atoms with E-state index in [0.29, 0.717) is 22.6 Å². The first-order valence-corrected chi connectivity index (χ1v) is 20.4. The predicted molar refractivity (Wildman–Crippen MR) is 163 cm³/mol. The Hall–Kier alpha value is -2.47. The topological polar surface area (TPSA) is 72.8 Å². The molecule has 39 heavy (non-hydrogen) atoms. The van der Waals surface area contributed by atoms with E-state index in [9.17, 15) is 17.4 Å².